The van der Waals surface area contributed by atoms with Gasteiger partial charge in [-0.05, 0) is 33.1 Å². The van der Waals surface area contributed by atoms with Crippen molar-refractivity contribution in [1.29, 1.82) is 0 Å². The van der Waals surface area contributed by atoms with E-state index >= 15 is 0 Å². The van der Waals surface area contributed by atoms with Gasteiger partial charge in [-0.3, -0.25) is 4.79 Å². The molecule has 2 unspecified atom stereocenters. The molecule has 0 aliphatic rings. The molecule has 0 aromatic carbocycles. The van der Waals surface area contributed by atoms with Gasteiger partial charge in [0, 0.05) is 18.2 Å². The Bertz CT molecular complexity index is 209. The minimum Gasteiger partial charge on any atom is -0.396 e. The first-order valence-corrected chi connectivity index (χ1v) is 6.12. The van der Waals surface area contributed by atoms with Crippen LogP contribution in [0.2, 0.25) is 0 Å². The van der Waals surface area contributed by atoms with Crippen LogP contribution in [-0.2, 0) is 4.79 Å². The Hall–Kier alpha value is -0.610. The van der Waals surface area contributed by atoms with Crippen LogP contribution < -0.4 is 10.6 Å². The smallest absolute Gasteiger partial charge is 0.234 e. The van der Waals surface area contributed by atoms with Gasteiger partial charge in [0.05, 0.1) is 6.54 Å². The molecule has 2 atom stereocenters. The van der Waals surface area contributed by atoms with Gasteiger partial charge in [0.25, 0.3) is 0 Å². The standard InChI is InChI=1S/C12H26N2O2/c1-5-10(3)13-9-11(16)14-12(4,6-2)7-8-15/h10,13,15H,5-9H2,1-4H3,(H,14,16). The first-order chi connectivity index (χ1) is 7.47. The van der Waals surface area contributed by atoms with Gasteiger partial charge in [0.1, 0.15) is 0 Å². The number of hydrogen-bond acceptors (Lipinski definition) is 3. The van der Waals surface area contributed by atoms with Crippen LogP contribution in [0.3, 0.4) is 0 Å². The minimum atomic E-state index is -0.289. The average Bonchev–Trinajstić information content (AvgIpc) is 2.26. The molecule has 4 heteroatoms. The van der Waals surface area contributed by atoms with Crippen LogP contribution in [0.1, 0.15) is 47.0 Å². The van der Waals surface area contributed by atoms with Crippen molar-refractivity contribution in [3.63, 3.8) is 0 Å². The maximum absolute atomic E-state index is 11.7. The zero-order chi connectivity index (χ0) is 12.6. The summed E-state index contributed by atoms with van der Waals surface area (Å²) in [6, 6.07) is 0.358. The van der Waals surface area contributed by atoms with Crippen LogP contribution >= 0.6 is 0 Å². The monoisotopic (exact) mass is 230 g/mol. The second-order valence-corrected chi connectivity index (χ2v) is 4.63. The van der Waals surface area contributed by atoms with Gasteiger partial charge in [-0.25, -0.2) is 0 Å². The van der Waals surface area contributed by atoms with E-state index < -0.39 is 0 Å². The number of aliphatic hydroxyl groups excluding tert-OH is 1. The van der Waals surface area contributed by atoms with E-state index in [1.807, 2.05) is 13.8 Å². The van der Waals surface area contributed by atoms with Gasteiger partial charge < -0.3 is 15.7 Å². The number of carbonyl (C=O) groups is 1. The fourth-order valence-electron chi connectivity index (χ4n) is 1.37. The predicted octanol–water partition coefficient (Wildman–Crippen LogP) is 1.04. The van der Waals surface area contributed by atoms with Gasteiger partial charge >= 0.3 is 0 Å². The number of carbonyl (C=O) groups excluding carboxylic acids is 1. The van der Waals surface area contributed by atoms with Gasteiger partial charge in [0.15, 0.2) is 0 Å². The summed E-state index contributed by atoms with van der Waals surface area (Å²) in [6.07, 6.45) is 2.43. The summed E-state index contributed by atoms with van der Waals surface area (Å²) in [5.41, 5.74) is -0.289. The van der Waals surface area contributed by atoms with Crippen molar-refractivity contribution < 1.29 is 9.90 Å². The lowest BCUT2D eigenvalue weighted by molar-refractivity contribution is -0.122. The molecule has 0 spiro atoms. The van der Waals surface area contributed by atoms with Crippen molar-refractivity contribution in [2.75, 3.05) is 13.2 Å². The molecule has 0 radical (unpaired) electrons. The third-order valence-corrected chi connectivity index (χ3v) is 3.11. The summed E-state index contributed by atoms with van der Waals surface area (Å²) in [6.45, 7) is 8.55. The van der Waals surface area contributed by atoms with Crippen molar-refractivity contribution >= 4 is 5.91 Å². The summed E-state index contributed by atoms with van der Waals surface area (Å²) in [7, 11) is 0. The molecule has 0 rings (SSSR count). The van der Waals surface area contributed by atoms with Crippen molar-refractivity contribution in [2.24, 2.45) is 0 Å². The lowest BCUT2D eigenvalue weighted by atomic mass is 9.95. The van der Waals surface area contributed by atoms with Crippen molar-refractivity contribution in [3.8, 4) is 0 Å². The number of rotatable bonds is 8. The highest BCUT2D eigenvalue weighted by atomic mass is 16.3. The van der Waals surface area contributed by atoms with Crippen molar-refractivity contribution in [2.45, 2.75) is 58.5 Å². The lowest BCUT2D eigenvalue weighted by Crippen LogP contribution is -2.49. The SMILES string of the molecule is CCC(C)NCC(=O)NC(C)(CC)CCO. The number of hydrogen-bond donors (Lipinski definition) is 3. The normalized spacial score (nSPS) is 16.6. The summed E-state index contributed by atoms with van der Waals surface area (Å²) >= 11 is 0. The Morgan fingerprint density at radius 1 is 1.44 bits per heavy atom. The first-order valence-electron chi connectivity index (χ1n) is 6.12. The third kappa shape index (κ3) is 6.08. The van der Waals surface area contributed by atoms with Crippen LogP contribution in [0, 0.1) is 0 Å². The van der Waals surface area contributed by atoms with Crippen LogP contribution in [0.15, 0.2) is 0 Å². The topological polar surface area (TPSA) is 61.4 Å². The number of nitrogens with one attached hydrogen (secondary N) is 2. The van der Waals surface area contributed by atoms with Gasteiger partial charge in [-0.15, -0.1) is 0 Å². The second kappa shape index (κ2) is 7.63. The molecule has 0 aliphatic carbocycles. The summed E-state index contributed by atoms with van der Waals surface area (Å²) in [5.74, 6) is -0.00176. The highest BCUT2D eigenvalue weighted by Crippen LogP contribution is 2.13. The third-order valence-electron chi connectivity index (χ3n) is 3.11. The zero-order valence-electron chi connectivity index (χ0n) is 11.0. The maximum atomic E-state index is 11.7. The van der Waals surface area contributed by atoms with Crippen LogP contribution in [0.5, 0.6) is 0 Å². The minimum absolute atomic E-state index is 0.00176. The molecular weight excluding hydrogens is 204 g/mol. The molecule has 0 bridgehead atoms. The van der Waals surface area contributed by atoms with Crippen LogP contribution in [-0.4, -0.2) is 35.7 Å². The van der Waals surface area contributed by atoms with Crippen molar-refractivity contribution in [1.82, 2.24) is 10.6 Å². The Morgan fingerprint density at radius 2 is 2.06 bits per heavy atom. The molecule has 0 aromatic rings. The van der Waals surface area contributed by atoms with E-state index in [1.165, 1.54) is 0 Å². The lowest BCUT2D eigenvalue weighted by Gasteiger charge is -2.29. The first kappa shape index (κ1) is 15.4. The number of aliphatic hydroxyl groups is 1. The van der Waals surface area contributed by atoms with E-state index in [9.17, 15) is 4.79 Å². The Labute approximate surface area is 98.8 Å². The molecule has 4 nitrogen and oxygen atoms in total. The summed E-state index contributed by atoms with van der Waals surface area (Å²) in [4.78, 5) is 11.7. The van der Waals surface area contributed by atoms with Gasteiger partial charge in [-0.2, -0.15) is 0 Å². The number of amides is 1. The van der Waals surface area contributed by atoms with E-state index in [1.54, 1.807) is 0 Å². The van der Waals surface area contributed by atoms with Gasteiger partial charge in [0.2, 0.25) is 5.91 Å². The fraction of sp³-hybridized carbons (Fsp3) is 0.917. The molecule has 0 aromatic heterocycles. The predicted molar refractivity (Wildman–Crippen MR) is 66.3 cm³/mol. The molecule has 0 saturated carbocycles. The zero-order valence-corrected chi connectivity index (χ0v) is 11.0. The molecular formula is C12H26N2O2. The van der Waals surface area contributed by atoms with Crippen molar-refractivity contribution in [3.05, 3.63) is 0 Å². The Kier molecular flexibility index (Phi) is 7.34. The molecule has 0 saturated heterocycles. The highest BCUT2D eigenvalue weighted by Gasteiger charge is 2.23. The fourth-order valence-corrected chi connectivity index (χ4v) is 1.37. The van der Waals surface area contributed by atoms with E-state index in [4.69, 9.17) is 5.11 Å². The molecule has 96 valence electrons. The molecule has 3 N–H and O–H groups in total. The van der Waals surface area contributed by atoms with E-state index in [0.29, 0.717) is 19.0 Å². The van der Waals surface area contributed by atoms with Crippen LogP contribution in [0.25, 0.3) is 0 Å². The Balaban J connectivity index is 4.01. The van der Waals surface area contributed by atoms with Gasteiger partial charge in [-0.1, -0.05) is 13.8 Å². The average molecular weight is 230 g/mol. The van der Waals surface area contributed by atoms with E-state index in [0.717, 1.165) is 12.8 Å². The molecule has 16 heavy (non-hydrogen) atoms. The second-order valence-electron chi connectivity index (χ2n) is 4.63. The maximum Gasteiger partial charge on any atom is 0.234 e. The highest BCUT2D eigenvalue weighted by molar-refractivity contribution is 5.78. The molecule has 1 amide bonds. The largest absolute Gasteiger partial charge is 0.396 e. The molecule has 0 aliphatic heterocycles. The van der Waals surface area contributed by atoms with E-state index in [2.05, 4.69) is 24.5 Å². The molecule has 0 fully saturated rings. The van der Waals surface area contributed by atoms with E-state index in [-0.39, 0.29) is 18.1 Å². The van der Waals surface area contributed by atoms with Crippen LogP contribution in [0.4, 0.5) is 0 Å². The summed E-state index contributed by atoms with van der Waals surface area (Å²) < 4.78 is 0. The molecule has 0 heterocycles. The summed E-state index contributed by atoms with van der Waals surface area (Å²) in [5, 5.41) is 15.0. The Morgan fingerprint density at radius 3 is 2.50 bits per heavy atom. The quantitative estimate of drug-likeness (QED) is 0.584.